The van der Waals surface area contributed by atoms with Gasteiger partial charge in [0.25, 0.3) is 0 Å². The first-order chi connectivity index (χ1) is 19.8. The lowest BCUT2D eigenvalue weighted by atomic mass is 10.1. The number of rotatable bonds is 0. The van der Waals surface area contributed by atoms with Crippen LogP contribution in [0.5, 0.6) is 0 Å². The lowest BCUT2D eigenvalue weighted by Gasteiger charge is -1.98. The summed E-state index contributed by atoms with van der Waals surface area (Å²) in [6.07, 6.45) is 8.85. The zero-order valence-corrected chi connectivity index (χ0v) is 21.5. The predicted octanol–water partition coefficient (Wildman–Crippen LogP) is 4.87. The largest absolute Gasteiger partial charge is 0.657 e. The average Bonchev–Trinajstić information content (AvgIpc) is 3.73. The van der Waals surface area contributed by atoms with Crippen molar-refractivity contribution in [2.45, 2.75) is 0 Å². The van der Waals surface area contributed by atoms with Gasteiger partial charge in [-0.05, 0) is 22.9 Å². The van der Waals surface area contributed by atoms with E-state index in [1.165, 1.54) is 32.3 Å². The van der Waals surface area contributed by atoms with Crippen LogP contribution in [0.4, 0.5) is 0 Å². The first-order valence-corrected chi connectivity index (χ1v) is 13.6. The van der Waals surface area contributed by atoms with Crippen molar-refractivity contribution < 1.29 is 0 Å². The molecule has 9 rings (SSSR count). The molecule has 0 radical (unpaired) electrons. The van der Waals surface area contributed by atoms with Crippen LogP contribution in [0.2, 0.25) is 0 Å². The SMILES string of the molecule is C1=c2[n-]c(c3ccccc23)=Cc2[nH]c(c3ccccc23)C=c2[nH]c(c3ccccc23)=Cc2[nH]c1c1ccccc21. The number of aromatic nitrogens is 4. The van der Waals surface area contributed by atoms with Gasteiger partial charge in [-0.1, -0.05) is 109 Å². The molecule has 3 N–H and O–H groups in total. The molecule has 0 atom stereocenters. The molecule has 4 nitrogen and oxygen atoms in total. The Morgan fingerprint density at radius 2 is 0.650 bits per heavy atom. The van der Waals surface area contributed by atoms with Gasteiger partial charge >= 0.3 is 0 Å². The van der Waals surface area contributed by atoms with Gasteiger partial charge in [0, 0.05) is 65.8 Å². The summed E-state index contributed by atoms with van der Waals surface area (Å²) in [5.74, 6) is 0. The van der Waals surface area contributed by atoms with Gasteiger partial charge in [-0.3, -0.25) is 0 Å². The molecule has 1 aliphatic heterocycles. The molecule has 40 heavy (non-hydrogen) atoms. The van der Waals surface area contributed by atoms with Crippen molar-refractivity contribution >= 4 is 67.4 Å². The van der Waals surface area contributed by atoms with E-state index in [2.05, 4.69) is 136 Å². The van der Waals surface area contributed by atoms with Gasteiger partial charge in [0.1, 0.15) is 0 Å². The molecule has 0 amide bonds. The van der Waals surface area contributed by atoms with E-state index < -0.39 is 0 Å². The van der Waals surface area contributed by atoms with Crippen molar-refractivity contribution in [3.8, 4) is 0 Å². The van der Waals surface area contributed by atoms with Crippen LogP contribution in [0.25, 0.3) is 67.4 Å². The molecule has 0 saturated heterocycles. The third-order valence-corrected chi connectivity index (χ3v) is 8.19. The Balaban J connectivity index is 1.51. The normalized spacial score (nSPS) is 12.8. The zero-order chi connectivity index (χ0) is 26.2. The fourth-order valence-electron chi connectivity index (χ4n) is 6.34. The summed E-state index contributed by atoms with van der Waals surface area (Å²) in [7, 11) is 0. The molecule has 4 aromatic carbocycles. The minimum absolute atomic E-state index is 0.961. The summed E-state index contributed by atoms with van der Waals surface area (Å²) in [6.45, 7) is 0. The van der Waals surface area contributed by atoms with Crippen molar-refractivity contribution in [3.05, 3.63) is 141 Å². The van der Waals surface area contributed by atoms with Crippen LogP contribution in [-0.4, -0.2) is 15.0 Å². The van der Waals surface area contributed by atoms with Crippen LogP contribution < -0.4 is 26.4 Å². The Morgan fingerprint density at radius 1 is 0.325 bits per heavy atom. The van der Waals surface area contributed by atoms with Crippen molar-refractivity contribution in [1.82, 2.24) is 19.9 Å². The van der Waals surface area contributed by atoms with Crippen LogP contribution in [0, 0.1) is 0 Å². The van der Waals surface area contributed by atoms with Gasteiger partial charge in [0.15, 0.2) is 0 Å². The van der Waals surface area contributed by atoms with Crippen molar-refractivity contribution in [2.75, 3.05) is 0 Å². The Morgan fingerprint density at radius 3 is 1.05 bits per heavy atom. The fourth-order valence-corrected chi connectivity index (χ4v) is 6.34. The molecule has 4 aromatic heterocycles. The van der Waals surface area contributed by atoms with Gasteiger partial charge in [-0.25, -0.2) is 0 Å². The average molecular weight is 512 g/mol. The molecule has 0 aliphatic carbocycles. The van der Waals surface area contributed by atoms with Gasteiger partial charge < -0.3 is 19.9 Å². The molecule has 0 fully saturated rings. The smallest absolute Gasteiger partial charge is 0.0485 e. The van der Waals surface area contributed by atoms with Gasteiger partial charge in [-0.2, -0.15) is 0 Å². The minimum atomic E-state index is 0.961. The lowest BCUT2D eigenvalue weighted by molar-refractivity contribution is 1.22. The molecule has 188 valence electrons. The van der Waals surface area contributed by atoms with Crippen molar-refractivity contribution in [2.24, 2.45) is 0 Å². The second-order valence-corrected chi connectivity index (χ2v) is 10.5. The molecular weight excluding hydrogens is 488 g/mol. The molecule has 0 unspecified atom stereocenters. The Kier molecular flexibility index (Phi) is 4.30. The highest BCUT2D eigenvalue weighted by atomic mass is 14.8. The van der Waals surface area contributed by atoms with Crippen LogP contribution in [0.3, 0.4) is 0 Å². The molecule has 5 heterocycles. The lowest BCUT2D eigenvalue weighted by Crippen LogP contribution is -2.14. The van der Waals surface area contributed by atoms with E-state index in [0.717, 1.165) is 54.9 Å². The van der Waals surface area contributed by atoms with Crippen LogP contribution in [0.1, 0.15) is 22.8 Å². The van der Waals surface area contributed by atoms with Gasteiger partial charge in [0.2, 0.25) is 0 Å². The topological polar surface area (TPSA) is 61.5 Å². The maximum Gasteiger partial charge on any atom is 0.0485 e. The number of benzene rings is 4. The highest BCUT2D eigenvalue weighted by Gasteiger charge is 2.10. The maximum absolute atomic E-state index is 5.18. The quantitative estimate of drug-likeness (QED) is 0.267. The molecule has 8 bridgehead atoms. The molecule has 0 saturated carbocycles. The van der Waals surface area contributed by atoms with Crippen LogP contribution >= 0.6 is 0 Å². The summed E-state index contributed by atoms with van der Waals surface area (Å²) in [5.41, 5.74) is 4.25. The predicted molar refractivity (Wildman–Crippen MR) is 165 cm³/mol. The number of nitrogens with zero attached hydrogens (tertiary/aromatic N) is 1. The number of aromatic amines is 3. The Hall–Kier alpha value is -5.48. The first-order valence-electron chi connectivity index (χ1n) is 13.6. The number of fused-ring (bicyclic) bond motifs is 20. The monoisotopic (exact) mass is 511 g/mol. The Bertz CT molecular complexity index is 2200. The number of hydrogen-bond acceptors (Lipinski definition) is 0. The summed E-state index contributed by atoms with van der Waals surface area (Å²) >= 11 is 0. The van der Waals surface area contributed by atoms with Crippen LogP contribution in [0.15, 0.2) is 97.1 Å². The molecule has 1 aliphatic rings. The Labute approximate surface area is 228 Å². The fraction of sp³-hybridized carbons (Fsp3) is 0. The molecular formula is C36H23N4-. The third kappa shape index (κ3) is 3.07. The van der Waals surface area contributed by atoms with Crippen LogP contribution in [-0.2, 0) is 0 Å². The van der Waals surface area contributed by atoms with E-state index in [0.29, 0.717) is 0 Å². The number of nitrogens with one attached hydrogen (secondary N) is 3. The molecule has 0 spiro atoms. The summed E-state index contributed by atoms with van der Waals surface area (Å²) in [4.78, 5) is 16.4. The number of hydrogen-bond donors (Lipinski definition) is 3. The van der Waals surface area contributed by atoms with Gasteiger partial charge in [0.05, 0.1) is 0 Å². The summed E-state index contributed by atoms with van der Waals surface area (Å²) < 4.78 is 0. The highest BCUT2D eigenvalue weighted by Crippen LogP contribution is 2.26. The standard InChI is InChI=1S/C36H23N4/c1-2-10-22-21(9-1)29-17-31-23-11-3-4-12-24(23)33(38-31)19-35-27-15-7-8-16-28(27)36(40-35)20-34-26-14-6-5-13-25(26)32(39-34)18-30(22)37-29/h1-20,37-39H/q-1. The minimum Gasteiger partial charge on any atom is -0.657 e. The van der Waals surface area contributed by atoms with E-state index >= 15 is 0 Å². The molecule has 8 aromatic rings. The third-order valence-electron chi connectivity index (χ3n) is 8.19. The second kappa shape index (κ2) is 8.01. The van der Waals surface area contributed by atoms with Crippen molar-refractivity contribution in [3.63, 3.8) is 0 Å². The zero-order valence-electron chi connectivity index (χ0n) is 21.5. The number of H-pyrrole nitrogens is 3. The van der Waals surface area contributed by atoms with Gasteiger partial charge in [-0.15, -0.1) is 10.7 Å². The summed E-state index contributed by atoms with van der Waals surface area (Å²) in [6, 6.07) is 34.2. The second-order valence-electron chi connectivity index (χ2n) is 10.5. The maximum atomic E-state index is 5.18. The van der Waals surface area contributed by atoms with E-state index in [-0.39, 0.29) is 0 Å². The molecule has 4 heteroatoms. The highest BCUT2D eigenvalue weighted by molar-refractivity contribution is 6.00. The van der Waals surface area contributed by atoms with E-state index in [1.807, 2.05) is 0 Å². The van der Waals surface area contributed by atoms with E-state index in [1.54, 1.807) is 0 Å². The van der Waals surface area contributed by atoms with Crippen molar-refractivity contribution in [1.29, 1.82) is 0 Å². The summed E-state index contributed by atoms with van der Waals surface area (Å²) in [5, 5.41) is 13.5. The first kappa shape index (κ1) is 21.5. The van der Waals surface area contributed by atoms with E-state index in [9.17, 15) is 0 Å². The van der Waals surface area contributed by atoms with E-state index in [4.69, 9.17) is 4.98 Å².